The molecular weight excluding hydrogens is 296 g/mol. The molecule has 0 saturated carbocycles. The van der Waals surface area contributed by atoms with Crippen molar-refractivity contribution in [3.05, 3.63) is 70.8 Å². The number of carbonyl (C=O) groups is 2. The van der Waals surface area contributed by atoms with Crippen molar-refractivity contribution in [1.82, 2.24) is 0 Å². The fourth-order valence-electron chi connectivity index (χ4n) is 2.63. The fourth-order valence-corrected chi connectivity index (χ4v) is 2.63. The Morgan fingerprint density at radius 1 is 0.833 bits per heavy atom. The van der Waals surface area contributed by atoms with Crippen molar-refractivity contribution in [3.8, 4) is 0 Å². The van der Waals surface area contributed by atoms with Crippen LogP contribution in [0.2, 0.25) is 0 Å². The second-order valence-electron chi connectivity index (χ2n) is 7.42. The van der Waals surface area contributed by atoms with Crippen LogP contribution in [0.25, 0.3) is 0 Å². The summed E-state index contributed by atoms with van der Waals surface area (Å²) in [5.74, 6) is 0.311. The zero-order valence-corrected chi connectivity index (χ0v) is 15.1. The normalized spacial score (nSPS) is 11.3. The molecule has 2 aromatic carbocycles. The molecule has 2 heteroatoms. The van der Waals surface area contributed by atoms with E-state index in [2.05, 4.69) is 45.0 Å². The lowest BCUT2D eigenvalue weighted by Crippen LogP contribution is -2.11. The van der Waals surface area contributed by atoms with Crippen LogP contribution in [0.4, 0.5) is 0 Å². The number of hydrogen-bond acceptors (Lipinski definition) is 2. The molecule has 0 heterocycles. The van der Waals surface area contributed by atoms with Crippen LogP contribution in [0, 0.1) is 0 Å². The molecule has 0 aliphatic rings. The van der Waals surface area contributed by atoms with E-state index in [9.17, 15) is 9.59 Å². The summed E-state index contributed by atoms with van der Waals surface area (Å²) < 4.78 is 0. The number of aryl methyl sites for hydroxylation is 1. The summed E-state index contributed by atoms with van der Waals surface area (Å²) in [6.07, 6.45) is 1.73. The average Bonchev–Trinajstić information content (AvgIpc) is 2.53. The Balaban J connectivity index is 1.88. The third-order valence-electron chi connectivity index (χ3n) is 4.27. The highest BCUT2D eigenvalue weighted by atomic mass is 16.1. The van der Waals surface area contributed by atoms with E-state index in [1.807, 2.05) is 24.3 Å². The van der Waals surface area contributed by atoms with Crippen LogP contribution in [-0.4, -0.2) is 11.6 Å². The molecule has 2 rings (SSSR count). The van der Waals surface area contributed by atoms with Gasteiger partial charge >= 0.3 is 0 Å². The van der Waals surface area contributed by atoms with E-state index in [4.69, 9.17) is 0 Å². The molecule has 0 amide bonds. The molecule has 0 fully saturated rings. The van der Waals surface area contributed by atoms with Gasteiger partial charge in [0.1, 0.15) is 5.78 Å². The number of ketones is 2. The second-order valence-corrected chi connectivity index (χ2v) is 7.42. The topological polar surface area (TPSA) is 34.1 Å². The highest BCUT2D eigenvalue weighted by Gasteiger charge is 2.13. The number of rotatable bonds is 6. The van der Waals surface area contributed by atoms with Gasteiger partial charge in [-0.1, -0.05) is 69.3 Å². The Hall–Kier alpha value is -2.22. The van der Waals surface area contributed by atoms with Crippen LogP contribution in [0.5, 0.6) is 0 Å². The summed E-state index contributed by atoms with van der Waals surface area (Å²) in [5, 5.41) is 0. The summed E-state index contributed by atoms with van der Waals surface area (Å²) in [6.45, 7) is 8.11. The first-order valence-corrected chi connectivity index (χ1v) is 8.47. The second kappa shape index (κ2) is 7.57. The summed E-state index contributed by atoms with van der Waals surface area (Å²) in [4.78, 5) is 23.4. The maximum absolute atomic E-state index is 12.2. The number of carbonyl (C=O) groups excluding carboxylic acids is 2. The van der Waals surface area contributed by atoms with Gasteiger partial charge in [-0.3, -0.25) is 9.59 Å². The van der Waals surface area contributed by atoms with Crippen molar-refractivity contribution in [3.63, 3.8) is 0 Å². The minimum atomic E-state index is 0.0660. The van der Waals surface area contributed by atoms with E-state index in [1.54, 1.807) is 6.92 Å². The van der Waals surface area contributed by atoms with Gasteiger partial charge in [0.15, 0.2) is 5.78 Å². The monoisotopic (exact) mass is 322 g/mol. The van der Waals surface area contributed by atoms with Crippen molar-refractivity contribution in [2.24, 2.45) is 0 Å². The van der Waals surface area contributed by atoms with Gasteiger partial charge in [0, 0.05) is 18.4 Å². The largest absolute Gasteiger partial charge is 0.299 e. The predicted molar refractivity (Wildman–Crippen MR) is 98.6 cm³/mol. The van der Waals surface area contributed by atoms with Crippen molar-refractivity contribution in [2.45, 2.75) is 52.4 Å². The molecule has 0 spiro atoms. The predicted octanol–water partition coefficient (Wildman–Crippen LogP) is 4.93. The molecule has 0 atom stereocenters. The standard InChI is InChI=1S/C22H26O2/c1-16(23)19-10-5-17(6-11-19)9-14-21(24)15-18-7-12-20(13-8-18)22(2,3)4/h5-8,10-13H,9,14-15H2,1-4H3. The first-order chi connectivity index (χ1) is 11.3. The van der Waals surface area contributed by atoms with Crippen molar-refractivity contribution < 1.29 is 9.59 Å². The summed E-state index contributed by atoms with van der Waals surface area (Å²) >= 11 is 0. The van der Waals surface area contributed by atoms with E-state index in [0.717, 1.165) is 17.5 Å². The van der Waals surface area contributed by atoms with E-state index in [1.165, 1.54) is 5.56 Å². The zero-order valence-electron chi connectivity index (χ0n) is 15.1. The first-order valence-electron chi connectivity index (χ1n) is 8.47. The lowest BCUT2D eigenvalue weighted by molar-refractivity contribution is -0.118. The summed E-state index contributed by atoms with van der Waals surface area (Å²) in [5.41, 5.74) is 4.29. The Labute approximate surface area is 144 Å². The quantitative estimate of drug-likeness (QED) is 0.707. The van der Waals surface area contributed by atoms with Gasteiger partial charge in [-0.15, -0.1) is 0 Å². The van der Waals surface area contributed by atoms with E-state index in [-0.39, 0.29) is 17.0 Å². The molecule has 0 N–H and O–H groups in total. The summed E-state index contributed by atoms with van der Waals surface area (Å²) in [6, 6.07) is 15.9. The lowest BCUT2D eigenvalue weighted by Gasteiger charge is -2.19. The minimum Gasteiger partial charge on any atom is -0.299 e. The van der Waals surface area contributed by atoms with Gasteiger partial charge in [-0.25, -0.2) is 0 Å². The molecule has 0 aliphatic carbocycles. The maximum Gasteiger partial charge on any atom is 0.159 e. The summed E-state index contributed by atoms with van der Waals surface area (Å²) in [7, 11) is 0. The van der Waals surface area contributed by atoms with Crippen molar-refractivity contribution in [2.75, 3.05) is 0 Å². The van der Waals surface area contributed by atoms with Gasteiger partial charge in [-0.05, 0) is 35.4 Å². The third kappa shape index (κ3) is 5.16. The molecule has 2 aromatic rings. The van der Waals surface area contributed by atoms with Crippen molar-refractivity contribution in [1.29, 1.82) is 0 Å². The molecule has 2 nitrogen and oxygen atoms in total. The molecule has 0 aliphatic heterocycles. The third-order valence-corrected chi connectivity index (χ3v) is 4.27. The van der Waals surface area contributed by atoms with Crippen LogP contribution in [0.3, 0.4) is 0 Å². The fraction of sp³-hybridized carbons (Fsp3) is 0.364. The molecule has 0 aromatic heterocycles. The highest BCUT2D eigenvalue weighted by Crippen LogP contribution is 2.22. The Morgan fingerprint density at radius 2 is 1.38 bits per heavy atom. The van der Waals surface area contributed by atoms with Crippen molar-refractivity contribution >= 4 is 11.6 Å². The van der Waals surface area contributed by atoms with Crippen LogP contribution < -0.4 is 0 Å². The zero-order chi connectivity index (χ0) is 17.7. The SMILES string of the molecule is CC(=O)c1ccc(CCC(=O)Cc2ccc(C(C)(C)C)cc2)cc1. The van der Waals surface area contributed by atoms with E-state index < -0.39 is 0 Å². The maximum atomic E-state index is 12.2. The van der Waals surface area contributed by atoms with Gasteiger partial charge in [0.05, 0.1) is 0 Å². The molecule has 0 bridgehead atoms. The van der Waals surface area contributed by atoms with Crippen LogP contribution in [0.1, 0.15) is 61.2 Å². The van der Waals surface area contributed by atoms with Gasteiger partial charge in [0.25, 0.3) is 0 Å². The number of hydrogen-bond donors (Lipinski definition) is 0. The van der Waals surface area contributed by atoms with Gasteiger partial charge in [0.2, 0.25) is 0 Å². The minimum absolute atomic E-state index is 0.0660. The molecule has 0 unspecified atom stereocenters. The molecule has 126 valence electrons. The van der Waals surface area contributed by atoms with Gasteiger partial charge in [-0.2, -0.15) is 0 Å². The number of Topliss-reactive ketones (excluding diaryl/α,β-unsaturated/α-hetero) is 2. The smallest absolute Gasteiger partial charge is 0.159 e. The lowest BCUT2D eigenvalue weighted by atomic mass is 9.86. The van der Waals surface area contributed by atoms with Crippen LogP contribution in [-0.2, 0) is 23.1 Å². The Morgan fingerprint density at radius 3 is 1.88 bits per heavy atom. The number of benzene rings is 2. The molecule has 0 radical (unpaired) electrons. The van der Waals surface area contributed by atoms with E-state index in [0.29, 0.717) is 18.4 Å². The molecular formula is C22H26O2. The molecule has 24 heavy (non-hydrogen) atoms. The van der Waals surface area contributed by atoms with E-state index >= 15 is 0 Å². The van der Waals surface area contributed by atoms with Crippen LogP contribution >= 0.6 is 0 Å². The Bertz CT molecular complexity index is 701. The molecule has 0 saturated heterocycles. The average molecular weight is 322 g/mol. The van der Waals surface area contributed by atoms with Crippen LogP contribution in [0.15, 0.2) is 48.5 Å². The Kier molecular flexibility index (Phi) is 5.71. The highest BCUT2D eigenvalue weighted by molar-refractivity contribution is 5.94. The first kappa shape index (κ1) is 18.1. The van der Waals surface area contributed by atoms with Gasteiger partial charge < -0.3 is 0 Å².